The van der Waals surface area contributed by atoms with Crippen LogP contribution >= 0.6 is 0 Å². The van der Waals surface area contributed by atoms with E-state index in [1.54, 1.807) is 19.1 Å². The second kappa shape index (κ2) is 10.3. The average Bonchev–Trinajstić information content (AvgIpc) is 2.85. The highest BCUT2D eigenvalue weighted by atomic mass is 16.6. The van der Waals surface area contributed by atoms with Gasteiger partial charge in [-0.3, -0.25) is 15.0 Å². The number of amides is 2. The second-order valence-electron chi connectivity index (χ2n) is 8.07. The van der Waals surface area contributed by atoms with Gasteiger partial charge in [-0.1, -0.05) is 36.4 Å². The van der Waals surface area contributed by atoms with E-state index >= 15 is 0 Å². The maximum atomic E-state index is 12.9. The normalized spacial score (nSPS) is 18.6. The minimum Gasteiger partial charge on any atom is -0.463 e. The molecule has 0 fully saturated rings. The molecule has 2 aromatic carbocycles. The first-order valence-electron chi connectivity index (χ1n) is 11.1. The number of hydrogen-bond acceptors (Lipinski definition) is 6. The van der Waals surface area contributed by atoms with Gasteiger partial charge in [-0.15, -0.1) is 0 Å². The molecule has 2 aromatic rings. The van der Waals surface area contributed by atoms with Crippen LogP contribution in [0.2, 0.25) is 0 Å². The molecule has 2 amide bonds. The van der Waals surface area contributed by atoms with E-state index in [-0.39, 0.29) is 12.3 Å². The minimum absolute atomic E-state index is 0.0692. The van der Waals surface area contributed by atoms with E-state index in [4.69, 9.17) is 4.74 Å². The first-order valence-corrected chi connectivity index (χ1v) is 11.1. The van der Waals surface area contributed by atoms with E-state index in [2.05, 4.69) is 33.7 Å². The SMILES string of the molecule is CCOC(=O)C1=C(CN2CC=C(c3ccccc3)CC2)NC(=O)N[C@@H]1c1ccc([N+](=O)[O-])cc1. The van der Waals surface area contributed by atoms with Crippen molar-refractivity contribution in [2.45, 2.75) is 19.4 Å². The van der Waals surface area contributed by atoms with E-state index in [0.717, 1.165) is 13.0 Å². The van der Waals surface area contributed by atoms with Gasteiger partial charge in [0.2, 0.25) is 0 Å². The van der Waals surface area contributed by atoms with E-state index in [9.17, 15) is 19.7 Å². The van der Waals surface area contributed by atoms with E-state index < -0.39 is 23.0 Å². The summed E-state index contributed by atoms with van der Waals surface area (Å²) >= 11 is 0. The van der Waals surface area contributed by atoms with Crippen molar-refractivity contribution in [3.05, 3.63) is 93.2 Å². The van der Waals surface area contributed by atoms with E-state index in [1.807, 2.05) is 18.2 Å². The summed E-state index contributed by atoms with van der Waals surface area (Å²) in [5.41, 5.74) is 3.73. The topological polar surface area (TPSA) is 114 Å². The smallest absolute Gasteiger partial charge is 0.338 e. The Balaban J connectivity index is 1.61. The van der Waals surface area contributed by atoms with Crippen LogP contribution in [-0.4, -0.2) is 48.1 Å². The van der Waals surface area contributed by atoms with Gasteiger partial charge >= 0.3 is 12.0 Å². The molecule has 0 aliphatic carbocycles. The van der Waals surface area contributed by atoms with Gasteiger partial charge in [0.05, 0.1) is 23.1 Å². The Bertz CT molecular complexity index is 1140. The Morgan fingerprint density at radius 2 is 1.91 bits per heavy atom. The Morgan fingerprint density at radius 3 is 2.53 bits per heavy atom. The Morgan fingerprint density at radius 1 is 1.18 bits per heavy atom. The van der Waals surface area contributed by atoms with Crippen molar-refractivity contribution in [2.24, 2.45) is 0 Å². The van der Waals surface area contributed by atoms with Gasteiger partial charge in [0, 0.05) is 37.5 Å². The fraction of sp³-hybridized carbons (Fsp3) is 0.280. The van der Waals surface area contributed by atoms with Crippen LogP contribution in [0.25, 0.3) is 5.57 Å². The van der Waals surface area contributed by atoms with Gasteiger partial charge < -0.3 is 15.4 Å². The monoisotopic (exact) mass is 462 g/mol. The lowest BCUT2D eigenvalue weighted by Gasteiger charge is -2.33. The fourth-order valence-corrected chi connectivity index (χ4v) is 4.22. The summed E-state index contributed by atoms with van der Waals surface area (Å²) in [6.07, 6.45) is 3.02. The number of nitrogens with zero attached hydrogens (tertiary/aromatic N) is 2. The number of carbonyl (C=O) groups is 2. The molecule has 2 aliphatic rings. The van der Waals surface area contributed by atoms with Crippen LogP contribution in [0, 0.1) is 10.1 Å². The van der Waals surface area contributed by atoms with Gasteiger partial charge in [0.25, 0.3) is 5.69 Å². The molecule has 34 heavy (non-hydrogen) atoms. The van der Waals surface area contributed by atoms with Crippen molar-refractivity contribution in [1.29, 1.82) is 0 Å². The lowest BCUT2D eigenvalue weighted by molar-refractivity contribution is -0.384. The van der Waals surface area contributed by atoms with Crippen LogP contribution in [0.3, 0.4) is 0 Å². The van der Waals surface area contributed by atoms with E-state index in [1.165, 1.54) is 23.3 Å². The number of benzene rings is 2. The van der Waals surface area contributed by atoms with E-state index in [0.29, 0.717) is 29.9 Å². The third-order valence-electron chi connectivity index (χ3n) is 5.91. The molecule has 2 heterocycles. The third kappa shape index (κ3) is 5.15. The molecule has 4 rings (SSSR count). The molecule has 0 aromatic heterocycles. The summed E-state index contributed by atoms with van der Waals surface area (Å²) in [7, 11) is 0. The first-order chi connectivity index (χ1) is 16.5. The van der Waals surface area contributed by atoms with Crippen LogP contribution in [-0.2, 0) is 9.53 Å². The van der Waals surface area contributed by atoms with Crippen molar-refractivity contribution < 1.29 is 19.2 Å². The summed E-state index contributed by atoms with van der Waals surface area (Å²) in [6, 6.07) is 14.8. The van der Waals surface area contributed by atoms with Crippen molar-refractivity contribution >= 4 is 23.3 Å². The summed E-state index contributed by atoms with van der Waals surface area (Å²) in [5.74, 6) is -0.536. The number of ether oxygens (including phenoxy) is 1. The number of hydrogen-bond donors (Lipinski definition) is 2. The highest BCUT2D eigenvalue weighted by Gasteiger charge is 2.34. The molecule has 2 N–H and O–H groups in total. The van der Waals surface area contributed by atoms with Crippen molar-refractivity contribution in [3.63, 3.8) is 0 Å². The number of nitro groups is 1. The minimum atomic E-state index is -0.774. The number of urea groups is 1. The number of carbonyl (C=O) groups excluding carboxylic acids is 2. The average molecular weight is 463 g/mol. The lowest BCUT2D eigenvalue weighted by atomic mass is 9.94. The van der Waals surface area contributed by atoms with Gasteiger partial charge in [-0.25, -0.2) is 9.59 Å². The maximum Gasteiger partial charge on any atom is 0.338 e. The Kier molecular flexibility index (Phi) is 7.03. The van der Waals surface area contributed by atoms with Crippen LogP contribution in [0.5, 0.6) is 0 Å². The summed E-state index contributed by atoms with van der Waals surface area (Å²) in [4.78, 5) is 38.1. The lowest BCUT2D eigenvalue weighted by Crippen LogP contribution is -2.48. The molecule has 0 saturated heterocycles. The molecule has 9 heteroatoms. The summed E-state index contributed by atoms with van der Waals surface area (Å²) < 4.78 is 5.30. The zero-order valence-electron chi connectivity index (χ0n) is 18.8. The zero-order chi connectivity index (χ0) is 24.1. The Hall–Kier alpha value is -3.98. The van der Waals surface area contributed by atoms with Crippen LogP contribution in [0.1, 0.15) is 30.5 Å². The number of nitro benzene ring substituents is 1. The zero-order valence-corrected chi connectivity index (χ0v) is 18.8. The maximum absolute atomic E-state index is 12.9. The van der Waals surface area contributed by atoms with Crippen LogP contribution in [0.4, 0.5) is 10.5 Å². The molecule has 0 saturated carbocycles. The van der Waals surface area contributed by atoms with Crippen molar-refractivity contribution in [2.75, 3.05) is 26.2 Å². The van der Waals surface area contributed by atoms with Crippen molar-refractivity contribution in [1.82, 2.24) is 15.5 Å². The van der Waals surface area contributed by atoms with Gasteiger partial charge in [-0.05, 0) is 42.2 Å². The quantitative estimate of drug-likeness (QED) is 0.370. The highest BCUT2D eigenvalue weighted by molar-refractivity contribution is 5.95. The molecule has 9 nitrogen and oxygen atoms in total. The van der Waals surface area contributed by atoms with Crippen molar-refractivity contribution in [3.8, 4) is 0 Å². The summed E-state index contributed by atoms with van der Waals surface area (Å²) in [6.45, 7) is 3.71. The highest BCUT2D eigenvalue weighted by Crippen LogP contribution is 2.30. The van der Waals surface area contributed by atoms with Crippen LogP contribution < -0.4 is 10.6 Å². The third-order valence-corrected chi connectivity index (χ3v) is 5.91. The molecule has 2 aliphatic heterocycles. The predicted octanol–water partition coefficient (Wildman–Crippen LogP) is 3.56. The van der Waals surface area contributed by atoms with Crippen LogP contribution in [0.15, 0.2) is 71.9 Å². The molecule has 0 radical (unpaired) electrons. The molecule has 0 bridgehead atoms. The Labute approximate surface area is 197 Å². The number of rotatable bonds is 7. The van der Waals surface area contributed by atoms with Gasteiger partial charge in [0.1, 0.15) is 0 Å². The predicted molar refractivity (Wildman–Crippen MR) is 127 cm³/mol. The first kappa shape index (κ1) is 23.2. The largest absolute Gasteiger partial charge is 0.463 e. The number of non-ortho nitro benzene ring substituents is 1. The molecule has 176 valence electrons. The van der Waals surface area contributed by atoms with Gasteiger partial charge in [-0.2, -0.15) is 0 Å². The number of esters is 1. The fourth-order valence-electron chi connectivity index (χ4n) is 4.22. The van der Waals surface area contributed by atoms with Gasteiger partial charge in [0.15, 0.2) is 0 Å². The summed E-state index contributed by atoms with van der Waals surface area (Å²) in [5, 5.41) is 16.6. The number of nitrogens with one attached hydrogen (secondary N) is 2. The standard InChI is InChI=1S/C25H26N4O5/c1-2-34-24(30)22-21(16-28-14-12-18(13-15-28)17-6-4-3-5-7-17)26-25(31)27-23(22)19-8-10-20(11-9-19)29(32)33/h3-12,23H,2,13-16H2,1H3,(H2,26,27,31)/t23-/m1/s1. The molecule has 0 unspecified atom stereocenters. The molecule has 0 spiro atoms. The molecular weight excluding hydrogens is 436 g/mol. The second-order valence-corrected chi connectivity index (χ2v) is 8.07. The molecular formula is C25H26N4O5. The molecule has 1 atom stereocenters.